The Hall–Kier alpha value is -2.67. The second-order valence-electron chi connectivity index (χ2n) is 5.68. The number of hydrogen-bond acceptors (Lipinski definition) is 5. The lowest BCUT2D eigenvalue weighted by Crippen LogP contribution is -2.30. The summed E-state index contributed by atoms with van der Waals surface area (Å²) in [5, 5.41) is 8.64. The molecule has 0 saturated carbocycles. The van der Waals surface area contributed by atoms with Gasteiger partial charge < -0.3 is 19.5 Å². The fourth-order valence-corrected chi connectivity index (χ4v) is 4.04. The number of rotatable bonds is 6. The highest BCUT2D eigenvalue weighted by molar-refractivity contribution is 7.99. The second kappa shape index (κ2) is 8.14. The van der Waals surface area contributed by atoms with Crippen molar-refractivity contribution in [3.63, 3.8) is 0 Å². The molecule has 0 aromatic heterocycles. The Morgan fingerprint density at radius 3 is 2.65 bits per heavy atom. The number of carbonyl (C=O) groups is 2. The van der Waals surface area contributed by atoms with Gasteiger partial charge in [-0.25, -0.2) is 4.79 Å². The van der Waals surface area contributed by atoms with Crippen molar-refractivity contribution in [2.75, 3.05) is 26.0 Å². The van der Waals surface area contributed by atoms with Gasteiger partial charge in [0.25, 0.3) is 5.91 Å². The van der Waals surface area contributed by atoms with Crippen LogP contribution in [0.25, 0.3) is 0 Å². The highest BCUT2D eigenvalue weighted by atomic mass is 32.2. The number of thioether (sulfide) groups is 1. The molecule has 0 aliphatic carbocycles. The first-order chi connectivity index (χ1) is 12.6. The number of hydrogen-bond donors (Lipinski definition) is 1. The van der Waals surface area contributed by atoms with E-state index >= 15 is 0 Å². The first-order valence-electron chi connectivity index (χ1n) is 8.10. The third kappa shape index (κ3) is 3.94. The molecule has 2 aromatic carbocycles. The third-order valence-electron chi connectivity index (χ3n) is 4.00. The topological polar surface area (TPSA) is 76.1 Å². The third-order valence-corrected chi connectivity index (χ3v) is 5.26. The minimum atomic E-state index is -1.05. The summed E-state index contributed by atoms with van der Waals surface area (Å²) in [5.74, 6) is 0.599. The van der Waals surface area contributed by atoms with Crippen molar-refractivity contribution in [2.24, 2.45) is 0 Å². The highest BCUT2D eigenvalue weighted by Crippen LogP contribution is 2.41. The van der Waals surface area contributed by atoms with E-state index in [1.165, 1.54) is 7.11 Å². The monoisotopic (exact) mass is 373 g/mol. The van der Waals surface area contributed by atoms with Gasteiger partial charge in [-0.1, -0.05) is 24.3 Å². The lowest BCUT2D eigenvalue weighted by Gasteiger charge is -2.25. The highest BCUT2D eigenvalue weighted by Gasteiger charge is 2.31. The maximum Gasteiger partial charge on any atom is 0.341 e. The molecule has 6 nitrogen and oxygen atoms in total. The van der Waals surface area contributed by atoms with Gasteiger partial charge in [0.2, 0.25) is 0 Å². The summed E-state index contributed by atoms with van der Waals surface area (Å²) in [6, 6.07) is 14.5. The van der Waals surface area contributed by atoms with Gasteiger partial charge in [-0.15, -0.1) is 11.8 Å². The predicted molar refractivity (Wildman–Crippen MR) is 98.8 cm³/mol. The van der Waals surface area contributed by atoms with Crippen LogP contribution in [0.1, 0.15) is 21.3 Å². The van der Waals surface area contributed by atoms with Crippen LogP contribution in [0, 0.1) is 0 Å². The smallest absolute Gasteiger partial charge is 0.341 e. The molecule has 2 aromatic rings. The summed E-state index contributed by atoms with van der Waals surface area (Å²) in [6.45, 7) is 0.231. The summed E-state index contributed by atoms with van der Waals surface area (Å²) in [5.41, 5.74) is 1.57. The minimum absolute atomic E-state index is 0.00855. The Bertz CT molecular complexity index is 796. The molecular formula is C19H19NO5S. The van der Waals surface area contributed by atoms with Gasteiger partial charge in [0.15, 0.2) is 18.1 Å². The van der Waals surface area contributed by atoms with Crippen LogP contribution >= 0.6 is 11.8 Å². The Kier molecular flexibility index (Phi) is 5.68. The van der Waals surface area contributed by atoms with E-state index in [1.807, 2.05) is 41.3 Å². The van der Waals surface area contributed by atoms with Crippen LogP contribution in [-0.2, 0) is 4.79 Å². The Balaban J connectivity index is 1.83. The number of carboxylic acids is 1. The predicted octanol–water partition coefficient (Wildman–Crippen LogP) is 3.05. The molecule has 0 radical (unpaired) electrons. The van der Waals surface area contributed by atoms with Crippen LogP contribution in [0.2, 0.25) is 0 Å². The lowest BCUT2D eigenvalue weighted by atomic mass is 10.1. The van der Waals surface area contributed by atoms with Crippen LogP contribution in [0.3, 0.4) is 0 Å². The second-order valence-corrected chi connectivity index (χ2v) is 6.87. The van der Waals surface area contributed by atoms with E-state index in [9.17, 15) is 9.59 Å². The van der Waals surface area contributed by atoms with Crippen molar-refractivity contribution in [2.45, 2.75) is 5.37 Å². The summed E-state index contributed by atoms with van der Waals surface area (Å²) >= 11 is 1.68. The number of carbonyl (C=O) groups excluding carboxylic acids is 1. The number of methoxy groups -OCH3 is 1. The quantitative estimate of drug-likeness (QED) is 0.839. The first kappa shape index (κ1) is 18.1. The van der Waals surface area contributed by atoms with Crippen molar-refractivity contribution < 1.29 is 24.2 Å². The molecule has 1 aliphatic rings. The average Bonchev–Trinajstić information content (AvgIpc) is 3.16. The molecule has 1 amide bonds. The lowest BCUT2D eigenvalue weighted by molar-refractivity contribution is -0.139. The molecule has 1 heterocycles. The van der Waals surface area contributed by atoms with Crippen molar-refractivity contribution in [1.29, 1.82) is 0 Å². The molecule has 7 heteroatoms. The van der Waals surface area contributed by atoms with E-state index in [-0.39, 0.29) is 11.3 Å². The fourth-order valence-electron chi connectivity index (χ4n) is 2.80. The molecule has 136 valence electrons. The van der Waals surface area contributed by atoms with E-state index in [0.29, 0.717) is 23.6 Å². The molecular weight excluding hydrogens is 354 g/mol. The molecule has 3 rings (SSSR count). The summed E-state index contributed by atoms with van der Waals surface area (Å²) in [7, 11) is 1.50. The number of ether oxygens (including phenoxy) is 2. The molecule has 1 fully saturated rings. The molecule has 1 unspecified atom stereocenters. The molecule has 0 spiro atoms. The number of aliphatic carboxylic acids is 1. The summed E-state index contributed by atoms with van der Waals surface area (Å²) < 4.78 is 10.6. The van der Waals surface area contributed by atoms with Gasteiger partial charge in [0.1, 0.15) is 5.37 Å². The van der Waals surface area contributed by atoms with Gasteiger partial charge >= 0.3 is 5.97 Å². The summed E-state index contributed by atoms with van der Waals surface area (Å²) in [4.78, 5) is 25.3. The van der Waals surface area contributed by atoms with E-state index in [2.05, 4.69) is 0 Å². The molecule has 26 heavy (non-hydrogen) atoms. The zero-order valence-electron chi connectivity index (χ0n) is 14.3. The number of carboxylic acid groups (broad SMARTS) is 1. The maximum atomic E-state index is 12.8. The van der Waals surface area contributed by atoms with Gasteiger partial charge in [0, 0.05) is 17.9 Å². The van der Waals surface area contributed by atoms with Crippen LogP contribution in [0.5, 0.6) is 11.5 Å². The normalized spacial score (nSPS) is 16.3. The standard InChI is InChI=1S/C19H19NO5S/c1-24-16-11-14(7-8-15(16)25-12-17(21)22)19-20(9-10-26-19)18(23)13-5-3-2-4-6-13/h2-8,11,19H,9-10,12H2,1H3,(H,21,22). The Morgan fingerprint density at radius 1 is 1.19 bits per heavy atom. The van der Waals surface area contributed by atoms with Crippen LogP contribution in [0.4, 0.5) is 0 Å². The van der Waals surface area contributed by atoms with Crippen LogP contribution in [0.15, 0.2) is 48.5 Å². The molecule has 1 N–H and O–H groups in total. The zero-order valence-corrected chi connectivity index (χ0v) is 15.1. The van der Waals surface area contributed by atoms with Crippen molar-refractivity contribution in [1.82, 2.24) is 4.90 Å². The van der Waals surface area contributed by atoms with E-state index in [4.69, 9.17) is 14.6 Å². The van der Waals surface area contributed by atoms with E-state index < -0.39 is 12.6 Å². The van der Waals surface area contributed by atoms with E-state index in [0.717, 1.165) is 11.3 Å². The number of benzene rings is 2. The van der Waals surface area contributed by atoms with Gasteiger partial charge in [-0.3, -0.25) is 4.79 Å². The fraction of sp³-hybridized carbons (Fsp3) is 0.263. The van der Waals surface area contributed by atoms with Crippen molar-refractivity contribution >= 4 is 23.6 Å². The van der Waals surface area contributed by atoms with Crippen molar-refractivity contribution in [3.8, 4) is 11.5 Å². The van der Waals surface area contributed by atoms with Crippen LogP contribution in [-0.4, -0.2) is 47.9 Å². The SMILES string of the molecule is COc1cc(C2SCCN2C(=O)c2ccccc2)ccc1OCC(=O)O. The van der Waals surface area contributed by atoms with Gasteiger partial charge in [0.05, 0.1) is 7.11 Å². The maximum absolute atomic E-state index is 12.8. The van der Waals surface area contributed by atoms with Crippen molar-refractivity contribution in [3.05, 3.63) is 59.7 Å². The van der Waals surface area contributed by atoms with E-state index in [1.54, 1.807) is 23.9 Å². The molecule has 1 aliphatic heterocycles. The average molecular weight is 373 g/mol. The molecule has 1 atom stereocenters. The minimum Gasteiger partial charge on any atom is -0.493 e. The Labute approximate surface area is 155 Å². The molecule has 0 bridgehead atoms. The van der Waals surface area contributed by atoms with Gasteiger partial charge in [-0.2, -0.15) is 0 Å². The largest absolute Gasteiger partial charge is 0.493 e. The first-order valence-corrected chi connectivity index (χ1v) is 9.15. The number of nitrogens with zero attached hydrogens (tertiary/aromatic N) is 1. The number of amides is 1. The van der Waals surface area contributed by atoms with Crippen LogP contribution < -0.4 is 9.47 Å². The summed E-state index contributed by atoms with van der Waals surface area (Å²) in [6.07, 6.45) is 0. The van der Waals surface area contributed by atoms with Gasteiger partial charge in [-0.05, 0) is 29.8 Å². The Morgan fingerprint density at radius 2 is 1.96 bits per heavy atom. The zero-order chi connectivity index (χ0) is 18.5. The molecule has 1 saturated heterocycles.